The summed E-state index contributed by atoms with van der Waals surface area (Å²) in [7, 11) is -2.46. The molecule has 1 saturated heterocycles. The Morgan fingerprint density at radius 1 is 1.48 bits per heavy atom. The molecule has 1 aliphatic heterocycles. The number of nitrogens with zero attached hydrogens (tertiary/aromatic N) is 1. The third kappa shape index (κ3) is 3.37. The van der Waals surface area contributed by atoms with E-state index >= 15 is 0 Å². The van der Waals surface area contributed by atoms with Gasteiger partial charge in [-0.1, -0.05) is 11.6 Å². The summed E-state index contributed by atoms with van der Waals surface area (Å²) in [4.78, 5) is 11.4. The van der Waals surface area contributed by atoms with Gasteiger partial charge in [0.25, 0.3) is 0 Å². The first kappa shape index (κ1) is 16.2. The number of methoxy groups -OCH3 is 1. The molecular weight excluding hydrogens is 318 g/mol. The van der Waals surface area contributed by atoms with Crippen molar-refractivity contribution in [3.63, 3.8) is 0 Å². The van der Waals surface area contributed by atoms with Crippen LogP contribution in [-0.4, -0.2) is 51.6 Å². The van der Waals surface area contributed by atoms with Crippen LogP contribution in [0.3, 0.4) is 0 Å². The zero-order chi connectivity index (χ0) is 15.6. The van der Waals surface area contributed by atoms with Crippen molar-refractivity contribution in [1.82, 2.24) is 4.31 Å². The minimum Gasteiger partial charge on any atom is -0.465 e. The topological polar surface area (TPSA) is 72.9 Å². The second-order valence-corrected chi connectivity index (χ2v) is 6.99. The Labute approximate surface area is 128 Å². The molecule has 1 heterocycles. The first-order chi connectivity index (χ1) is 9.86. The lowest BCUT2D eigenvalue weighted by Gasteiger charge is -2.30. The Kier molecular flexibility index (Phi) is 4.88. The molecule has 1 aliphatic rings. The van der Waals surface area contributed by atoms with Crippen LogP contribution >= 0.6 is 11.6 Å². The Hall–Kier alpha value is -1.15. The normalized spacial score (nSPS) is 20.2. The van der Waals surface area contributed by atoms with Crippen LogP contribution in [0.15, 0.2) is 23.1 Å². The standard InChI is InChI=1S/C13H16ClNO5S/c1-9-8-15(5-6-20-9)21(17,18)12-4-3-10(7-11(12)14)13(16)19-2/h3-4,7,9H,5-6,8H2,1-2H3/t9-/m1/s1. The third-order valence-electron chi connectivity index (χ3n) is 3.17. The van der Waals surface area contributed by atoms with E-state index in [9.17, 15) is 13.2 Å². The molecule has 21 heavy (non-hydrogen) atoms. The smallest absolute Gasteiger partial charge is 0.337 e. The third-order valence-corrected chi connectivity index (χ3v) is 5.52. The van der Waals surface area contributed by atoms with Crippen molar-refractivity contribution in [3.05, 3.63) is 28.8 Å². The van der Waals surface area contributed by atoms with Gasteiger partial charge in [0.15, 0.2) is 0 Å². The largest absolute Gasteiger partial charge is 0.465 e. The molecule has 0 aromatic heterocycles. The van der Waals surface area contributed by atoms with Crippen molar-refractivity contribution in [2.45, 2.75) is 17.9 Å². The predicted octanol–water partition coefficient (Wildman–Crippen LogP) is 1.54. The molecule has 2 rings (SSSR count). The van der Waals surface area contributed by atoms with Gasteiger partial charge in [0.1, 0.15) is 4.90 Å². The lowest BCUT2D eigenvalue weighted by Crippen LogP contribution is -2.44. The van der Waals surface area contributed by atoms with Gasteiger partial charge in [0.2, 0.25) is 10.0 Å². The number of carbonyl (C=O) groups excluding carboxylic acids is 1. The lowest BCUT2D eigenvalue weighted by atomic mass is 10.2. The summed E-state index contributed by atoms with van der Waals surface area (Å²) in [6.07, 6.45) is -0.165. The highest BCUT2D eigenvalue weighted by Crippen LogP contribution is 2.27. The zero-order valence-electron chi connectivity index (χ0n) is 11.7. The number of halogens is 1. The van der Waals surface area contributed by atoms with Gasteiger partial charge in [-0.05, 0) is 25.1 Å². The number of hydrogen-bond donors (Lipinski definition) is 0. The summed E-state index contributed by atoms with van der Waals surface area (Å²) in [5.41, 5.74) is 0.205. The molecule has 8 heteroatoms. The van der Waals surface area contributed by atoms with Gasteiger partial charge in [0.05, 0.1) is 30.4 Å². The van der Waals surface area contributed by atoms with Crippen LogP contribution in [0.4, 0.5) is 0 Å². The highest BCUT2D eigenvalue weighted by atomic mass is 35.5. The van der Waals surface area contributed by atoms with Gasteiger partial charge in [-0.2, -0.15) is 4.31 Å². The molecule has 0 radical (unpaired) electrons. The highest BCUT2D eigenvalue weighted by molar-refractivity contribution is 7.89. The molecule has 1 aromatic carbocycles. The molecular formula is C13H16ClNO5S. The van der Waals surface area contributed by atoms with Crippen LogP contribution < -0.4 is 0 Å². The minimum absolute atomic E-state index is 0.00274. The van der Waals surface area contributed by atoms with E-state index in [1.807, 2.05) is 6.92 Å². The average molecular weight is 334 g/mol. The predicted molar refractivity (Wildman–Crippen MR) is 77.0 cm³/mol. The lowest BCUT2D eigenvalue weighted by molar-refractivity contribution is 0.0102. The van der Waals surface area contributed by atoms with Crippen molar-refractivity contribution >= 4 is 27.6 Å². The number of carbonyl (C=O) groups is 1. The number of sulfonamides is 1. The fraction of sp³-hybridized carbons (Fsp3) is 0.462. The first-order valence-corrected chi connectivity index (χ1v) is 8.17. The van der Waals surface area contributed by atoms with Crippen LogP contribution in [0.5, 0.6) is 0 Å². The maximum Gasteiger partial charge on any atom is 0.337 e. The van der Waals surface area contributed by atoms with Crippen LogP contribution in [0.2, 0.25) is 5.02 Å². The molecule has 0 saturated carbocycles. The number of morpholine rings is 1. The van der Waals surface area contributed by atoms with Crippen LogP contribution in [0.25, 0.3) is 0 Å². The molecule has 0 aliphatic carbocycles. The van der Waals surface area contributed by atoms with E-state index in [0.717, 1.165) is 0 Å². The molecule has 0 N–H and O–H groups in total. The molecule has 0 amide bonds. The van der Waals surface area contributed by atoms with Gasteiger partial charge < -0.3 is 9.47 Å². The Bertz CT molecular complexity index is 646. The number of rotatable bonds is 3. The number of esters is 1. The van der Waals surface area contributed by atoms with Crippen molar-refractivity contribution in [2.24, 2.45) is 0 Å². The van der Waals surface area contributed by atoms with E-state index < -0.39 is 16.0 Å². The quantitative estimate of drug-likeness (QED) is 0.784. The number of ether oxygens (including phenoxy) is 2. The average Bonchev–Trinajstić information content (AvgIpc) is 2.46. The van der Waals surface area contributed by atoms with Crippen molar-refractivity contribution in [1.29, 1.82) is 0 Å². The molecule has 6 nitrogen and oxygen atoms in total. The molecule has 1 aromatic rings. The molecule has 0 unspecified atom stereocenters. The van der Waals surface area contributed by atoms with E-state index in [-0.39, 0.29) is 34.7 Å². The van der Waals surface area contributed by atoms with E-state index in [2.05, 4.69) is 4.74 Å². The van der Waals surface area contributed by atoms with E-state index in [4.69, 9.17) is 16.3 Å². The van der Waals surface area contributed by atoms with Gasteiger partial charge in [0, 0.05) is 13.1 Å². The molecule has 0 bridgehead atoms. The van der Waals surface area contributed by atoms with Crippen LogP contribution in [0.1, 0.15) is 17.3 Å². The number of benzene rings is 1. The van der Waals surface area contributed by atoms with E-state index in [1.165, 1.54) is 29.6 Å². The molecule has 116 valence electrons. The van der Waals surface area contributed by atoms with Crippen molar-refractivity contribution < 1.29 is 22.7 Å². The van der Waals surface area contributed by atoms with Crippen LogP contribution in [0, 0.1) is 0 Å². The van der Waals surface area contributed by atoms with E-state index in [0.29, 0.717) is 6.61 Å². The molecule has 1 atom stereocenters. The highest BCUT2D eigenvalue weighted by Gasteiger charge is 2.31. The second-order valence-electron chi connectivity index (χ2n) is 4.68. The Balaban J connectivity index is 2.34. The zero-order valence-corrected chi connectivity index (χ0v) is 13.3. The maximum absolute atomic E-state index is 12.6. The van der Waals surface area contributed by atoms with Gasteiger partial charge >= 0.3 is 5.97 Å². The summed E-state index contributed by atoms with van der Waals surface area (Å²) in [5.74, 6) is -0.569. The summed E-state index contributed by atoms with van der Waals surface area (Å²) in [6.45, 7) is 2.71. The molecule has 1 fully saturated rings. The SMILES string of the molecule is COC(=O)c1ccc(S(=O)(=O)N2CCO[C@H](C)C2)c(Cl)c1. The maximum atomic E-state index is 12.6. The summed E-state index contributed by atoms with van der Waals surface area (Å²) < 4.78 is 36.4. The Morgan fingerprint density at radius 2 is 2.19 bits per heavy atom. The number of hydrogen-bond acceptors (Lipinski definition) is 5. The fourth-order valence-corrected chi connectivity index (χ4v) is 4.12. The minimum atomic E-state index is -3.71. The fourth-order valence-electron chi connectivity index (χ4n) is 2.10. The van der Waals surface area contributed by atoms with Gasteiger partial charge in [-0.25, -0.2) is 13.2 Å². The van der Waals surface area contributed by atoms with Crippen molar-refractivity contribution in [2.75, 3.05) is 26.8 Å². The summed E-state index contributed by atoms with van der Waals surface area (Å²) >= 11 is 6.03. The summed E-state index contributed by atoms with van der Waals surface area (Å²) in [5, 5.41) is -0.00274. The molecule has 0 spiro atoms. The summed E-state index contributed by atoms with van der Waals surface area (Å²) in [6, 6.07) is 4.00. The Morgan fingerprint density at radius 3 is 2.76 bits per heavy atom. The monoisotopic (exact) mass is 333 g/mol. The first-order valence-electron chi connectivity index (χ1n) is 6.36. The van der Waals surface area contributed by atoms with Gasteiger partial charge in [-0.15, -0.1) is 0 Å². The van der Waals surface area contributed by atoms with Gasteiger partial charge in [-0.3, -0.25) is 0 Å². The van der Waals surface area contributed by atoms with E-state index in [1.54, 1.807) is 0 Å². The van der Waals surface area contributed by atoms with Crippen LogP contribution in [-0.2, 0) is 19.5 Å². The second kappa shape index (κ2) is 6.31. The van der Waals surface area contributed by atoms with Crippen molar-refractivity contribution in [3.8, 4) is 0 Å².